The zero-order valence-corrected chi connectivity index (χ0v) is 17.5. The Morgan fingerprint density at radius 1 is 1.14 bits per heavy atom. The molecule has 1 aliphatic heterocycles. The van der Waals surface area contributed by atoms with E-state index in [9.17, 15) is 10.1 Å². The Morgan fingerprint density at radius 3 is 2.38 bits per heavy atom. The number of rotatable bonds is 4. The van der Waals surface area contributed by atoms with Crippen LogP contribution >= 0.6 is 0 Å². The first-order valence-electron chi connectivity index (χ1n) is 10.1. The standard InChI is InChI=1S/C25H29N3O/c1-19(2)20-9-8-12-22(17-20)24(3,4)27-23(29)28-15-13-25(18-26,14-16-28)21-10-6-5-7-11-21/h5-12,17H,1,13-16H2,2-4H3,(H,27,29). The number of hydrogen-bond donors (Lipinski definition) is 1. The van der Waals surface area contributed by atoms with Crippen LogP contribution in [0, 0.1) is 11.3 Å². The van der Waals surface area contributed by atoms with E-state index in [1.54, 1.807) is 0 Å². The lowest BCUT2D eigenvalue weighted by Crippen LogP contribution is -2.52. The van der Waals surface area contributed by atoms with Gasteiger partial charge in [-0.2, -0.15) is 5.26 Å². The first-order valence-corrected chi connectivity index (χ1v) is 10.1. The quantitative estimate of drug-likeness (QED) is 0.782. The first-order chi connectivity index (χ1) is 13.8. The molecule has 1 aliphatic rings. The van der Waals surface area contributed by atoms with Gasteiger partial charge >= 0.3 is 6.03 Å². The molecule has 0 aliphatic carbocycles. The molecule has 4 nitrogen and oxygen atoms in total. The number of carbonyl (C=O) groups is 1. The van der Waals surface area contributed by atoms with Gasteiger partial charge in [0.25, 0.3) is 0 Å². The number of nitrogens with zero attached hydrogens (tertiary/aromatic N) is 2. The van der Waals surface area contributed by atoms with Crippen molar-refractivity contribution in [3.8, 4) is 6.07 Å². The average Bonchev–Trinajstić information content (AvgIpc) is 2.74. The van der Waals surface area contributed by atoms with Crippen molar-refractivity contribution in [1.29, 1.82) is 5.26 Å². The van der Waals surface area contributed by atoms with E-state index >= 15 is 0 Å². The topological polar surface area (TPSA) is 56.1 Å². The molecular formula is C25H29N3O. The highest BCUT2D eigenvalue weighted by Crippen LogP contribution is 2.35. The summed E-state index contributed by atoms with van der Waals surface area (Å²) in [5.74, 6) is 0. The van der Waals surface area contributed by atoms with E-state index in [1.165, 1.54) is 0 Å². The molecule has 0 radical (unpaired) electrons. The van der Waals surface area contributed by atoms with Crippen LogP contribution in [0.1, 0.15) is 50.3 Å². The molecule has 3 rings (SSSR count). The van der Waals surface area contributed by atoms with Crippen LogP contribution in [0.15, 0.2) is 61.2 Å². The molecule has 1 heterocycles. The van der Waals surface area contributed by atoms with Gasteiger partial charge in [-0.25, -0.2) is 4.79 Å². The molecule has 150 valence electrons. The van der Waals surface area contributed by atoms with Crippen LogP contribution in [0.25, 0.3) is 5.57 Å². The third-order valence-electron chi connectivity index (χ3n) is 5.94. The number of nitriles is 1. The van der Waals surface area contributed by atoms with E-state index in [-0.39, 0.29) is 6.03 Å². The van der Waals surface area contributed by atoms with Gasteiger partial charge in [-0.3, -0.25) is 0 Å². The Morgan fingerprint density at radius 2 is 1.79 bits per heavy atom. The Hall–Kier alpha value is -3.06. The Balaban J connectivity index is 1.69. The lowest BCUT2D eigenvalue weighted by atomic mass is 9.74. The predicted molar refractivity (Wildman–Crippen MR) is 117 cm³/mol. The smallest absolute Gasteiger partial charge is 0.318 e. The van der Waals surface area contributed by atoms with Gasteiger partial charge in [-0.05, 0) is 56.4 Å². The Bertz CT molecular complexity index is 932. The number of amides is 2. The zero-order chi connectivity index (χ0) is 21.1. The first kappa shape index (κ1) is 20.7. The number of carbonyl (C=O) groups excluding carboxylic acids is 1. The van der Waals surface area contributed by atoms with Gasteiger partial charge in [-0.1, -0.05) is 60.7 Å². The largest absolute Gasteiger partial charge is 0.329 e. The van der Waals surface area contributed by atoms with Crippen LogP contribution in [-0.4, -0.2) is 24.0 Å². The summed E-state index contributed by atoms with van der Waals surface area (Å²) in [6.07, 6.45) is 1.29. The molecule has 1 N–H and O–H groups in total. The van der Waals surface area contributed by atoms with Crippen LogP contribution in [0.3, 0.4) is 0 Å². The second-order valence-electron chi connectivity index (χ2n) is 8.46. The maximum atomic E-state index is 13.0. The van der Waals surface area contributed by atoms with Gasteiger partial charge in [0.15, 0.2) is 0 Å². The average molecular weight is 388 g/mol. The highest BCUT2D eigenvalue weighted by molar-refractivity contribution is 5.75. The highest BCUT2D eigenvalue weighted by Gasteiger charge is 2.38. The van der Waals surface area contributed by atoms with E-state index in [0.29, 0.717) is 25.9 Å². The SMILES string of the molecule is C=C(C)c1cccc(C(C)(C)NC(=O)N2CCC(C#N)(c3ccccc3)CC2)c1. The molecule has 2 amide bonds. The molecule has 0 saturated carbocycles. The van der Waals surface area contributed by atoms with Crippen LogP contribution in [0.5, 0.6) is 0 Å². The summed E-state index contributed by atoms with van der Waals surface area (Å²) in [6.45, 7) is 11.1. The molecule has 0 unspecified atom stereocenters. The summed E-state index contributed by atoms with van der Waals surface area (Å²) in [4.78, 5) is 14.8. The van der Waals surface area contributed by atoms with Gasteiger partial charge in [0.1, 0.15) is 0 Å². The van der Waals surface area contributed by atoms with Crippen molar-refractivity contribution in [2.75, 3.05) is 13.1 Å². The minimum atomic E-state index is -0.511. The van der Waals surface area contributed by atoms with Crippen molar-refractivity contribution in [3.63, 3.8) is 0 Å². The molecule has 0 bridgehead atoms. The van der Waals surface area contributed by atoms with E-state index in [4.69, 9.17) is 0 Å². The molecule has 2 aromatic carbocycles. The van der Waals surface area contributed by atoms with Crippen molar-refractivity contribution >= 4 is 11.6 Å². The molecule has 1 saturated heterocycles. The molecule has 0 atom stereocenters. The van der Waals surface area contributed by atoms with E-state index < -0.39 is 11.0 Å². The summed E-state index contributed by atoms with van der Waals surface area (Å²) < 4.78 is 0. The van der Waals surface area contributed by atoms with Gasteiger partial charge in [0, 0.05) is 13.1 Å². The van der Waals surface area contributed by atoms with Crippen LogP contribution in [0.2, 0.25) is 0 Å². The molecule has 29 heavy (non-hydrogen) atoms. The maximum Gasteiger partial charge on any atom is 0.318 e. The third-order valence-corrected chi connectivity index (χ3v) is 5.94. The summed E-state index contributed by atoms with van der Waals surface area (Å²) in [5.41, 5.74) is 3.14. The zero-order valence-electron chi connectivity index (χ0n) is 17.5. The Labute approximate surface area is 173 Å². The predicted octanol–water partition coefficient (Wildman–Crippen LogP) is 5.22. The number of benzene rings is 2. The fourth-order valence-corrected chi connectivity index (χ4v) is 3.91. The summed E-state index contributed by atoms with van der Waals surface area (Å²) in [5, 5.41) is 13.0. The highest BCUT2D eigenvalue weighted by atomic mass is 16.2. The molecular weight excluding hydrogens is 358 g/mol. The number of likely N-dealkylation sites (tertiary alicyclic amines) is 1. The monoisotopic (exact) mass is 387 g/mol. The number of urea groups is 1. The fourth-order valence-electron chi connectivity index (χ4n) is 3.91. The van der Waals surface area contributed by atoms with E-state index in [1.807, 2.05) is 74.2 Å². The number of hydrogen-bond acceptors (Lipinski definition) is 2. The molecule has 4 heteroatoms. The van der Waals surface area contributed by atoms with Crippen molar-refractivity contribution in [2.45, 2.75) is 44.6 Å². The van der Waals surface area contributed by atoms with Crippen molar-refractivity contribution in [1.82, 2.24) is 10.2 Å². The molecule has 2 aromatic rings. The van der Waals surface area contributed by atoms with Crippen molar-refractivity contribution in [2.24, 2.45) is 0 Å². The fraction of sp³-hybridized carbons (Fsp3) is 0.360. The number of allylic oxidation sites excluding steroid dienone is 1. The second-order valence-corrected chi connectivity index (χ2v) is 8.46. The van der Waals surface area contributed by atoms with Crippen LogP contribution < -0.4 is 5.32 Å². The molecule has 0 spiro atoms. The normalized spacial score (nSPS) is 16.0. The van der Waals surface area contributed by atoms with Crippen molar-refractivity contribution < 1.29 is 4.79 Å². The van der Waals surface area contributed by atoms with Gasteiger partial charge < -0.3 is 10.2 Å². The van der Waals surface area contributed by atoms with Gasteiger partial charge in [-0.15, -0.1) is 0 Å². The number of nitrogens with one attached hydrogen (secondary N) is 1. The lowest BCUT2D eigenvalue weighted by molar-refractivity contribution is 0.162. The summed E-state index contributed by atoms with van der Waals surface area (Å²) in [6, 6.07) is 20.5. The van der Waals surface area contributed by atoms with Gasteiger partial charge in [0.05, 0.1) is 17.0 Å². The Kier molecular flexibility index (Phi) is 5.79. The van der Waals surface area contributed by atoms with E-state index in [2.05, 4.69) is 24.0 Å². The third kappa shape index (κ3) is 4.35. The van der Waals surface area contributed by atoms with Crippen LogP contribution in [-0.2, 0) is 11.0 Å². The lowest BCUT2D eigenvalue weighted by Gasteiger charge is -2.39. The van der Waals surface area contributed by atoms with E-state index in [0.717, 1.165) is 22.3 Å². The summed E-state index contributed by atoms with van der Waals surface area (Å²) in [7, 11) is 0. The minimum absolute atomic E-state index is 0.0877. The van der Waals surface area contributed by atoms with Crippen molar-refractivity contribution in [3.05, 3.63) is 77.9 Å². The van der Waals surface area contributed by atoms with Gasteiger partial charge in [0.2, 0.25) is 0 Å². The van der Waals surface area contributed by atoms with Crippen LogP contribution in [0.4, 0.5) is 4.79 Å². The molecule has 0 aromatic heterocycles. The maximum absolute atomic E-state index is 13.0. The summed E-state index contributed by atoms with van der Waals surface area (Å²) >= 11 is 0. The number of piperidine rings is 1. The molecule has 1 fully saturated rings. The second kappa shape index (κ2) is 8.13. The minimum Gasteiger partial charge on any atom is -0.329 e.